The maximum absolute atomic E-state index is 10.9. The molecule has 0 aliphatic carbocycles. The molecule has 8 nitrogen and oxygen atoms in total. The Morgan fingerprint density at radius 2 is 2.33 bits per heavy atom. The molecule has 0 saturated heterocycles. The van der Waals surface area contributed by atoms with E-state index < -0.39 is 10.1 Å². The number of hydrogen-bond donors (Lipinski definition) is 4. The highest BCUT2D eigenvalue weighted by Gasteiger charge is 2.04. The zero-order chi connectivity index (χ0) is 13.6. The van der Waals surface area contributed by atoms with E-state index in [1.54, 1.807) is 17.6 Å². The smallest absolute Gasteiger partial charge is 0.306 e. The second-order valence-electron chi connectivity index (χ2n) is 3.24. The molecule has 1 rings (SSSR count). The first-order chi connectivity index (χ1) is 8.40. The first kappa shape index (κ1) is 13.9. The van der Waals surface area contributed by atoms with Gasteiger partial charge in [0.15, 0.2) is 0 Å². The lowest BCUT2D eigenvalue weighted by atomic mass is 10.2. The average molecular weight is 273 g/mol. The van der Waals surface area contributed by atoms with Gasteiger partial charge < -0.3 is 9.92 Å². The standard InChI is InChI=1S/C9H12N4O4S/c1-18(15,16)17-8-4-2-3-7(5-8)6-11-12-9(10)13-14/h2-6,14H,1H3,(H3,10,12,13)/p+1. The minimum Gasteiger partial charge on any atom is -0.383 e. The maximum Gasteiger partial charge on any atom is 0.306 e. The Balaban J connectivity index is 2.83. The van der Waals surface area contributed by atoms with E-state index >= 15 is 0 Å². The topological polar surface area (TPSA) is 128 Å². The van der Waals surface area contributed by atoms with Gasteiger partial charge in [-0.2, -0.15) is 8.42 Å². The van der Waals surface area contributed by atoms with Gasteiger partial charge in [-0.3, -0.25) is 5.21 Å². The molecule has 9 heteroatoms. The molecule has 0 spiro atoms. The van der Waals surface area contributed by atoms with Crippen LogP contribution in [0.2, 0.25) is 0 Å². The van der Waals surface area contributed by atoms with Crippen molar-refractivity contribution in [3.05, 3.63) is 29.8 Å². The Kier molecular flexibility index (Phi) is 4.63. The summed E-state index contributed by atoms with van der Waals surface area (Å²) >= 11 is 0. The number of hydrazone groups is 1. The van der Waals surface area contributed by atoms with Crippen LogP contribution in [0.4, 0.5) is 0 Å². The van der Waals surface area contributed by atoms with Gasteiger partial charge in [0.25, 0.3) is 5.96 Å². The molecule has 0 unspecified atom stereocenters. The zero-order valence-electron chi connectivity index (χ0n) is 9.49. The van der Waals surface area contributed by atoms with Crippen LogP contribution >= 0.6 is 0 Å². The molecular formula is C9H13N4O4S+. The Labute approximate surface area is 104 Å². The first-order valence-corrected chi connectivity index (χ1v) is 6.54. The van der Waals surface area contributed by atoms with E-state index in [4.69, 9.17) is 15.1 Å². The molecule has 0 amide bonds. The van der Waals surface area contributed by atoms with E-state index in [1.807, 2.05) is 0 Å². The van der Waals surface area contributed by atoms with E-state index in [-0.39, 0.29) is 11.7 Å². The van der Waals surface area contributed by atoms with E-state index in [0.29, 0.717) is 5.56 Å². The number of nitrogens with one attached hydrogen (secondary N) is 2. The molecule has 0 saturated carbocycles. The summed E-state index contributed by atoms with van der Waals surface area (Å²) in [5.41, 5.74) is 7.40. The van der Waals surface area contributed by atoms with Crippen molar-refractivity contribution in [2.45, 2.75) is 0 Å². The molecule has 0 aliphatic rings. The van der Waals surface area contributed by atoms with Crippen LogP contribution in [0.25, 0.3) is 0 Å². The van der Waals surface area contributed by atoms with Crippen LogP contribution in [-0.2, 0) is 10.1 Å². The van der Waals surface area contributed by atoms with Crippen LogP contribution in [0, 0.1) is 0 Å². The predicted octanol–water partition coefficient (Wildman–Crippen LogP) is -2.27. The summed E-state index contributed by atoms with van der Waals surface area (Å²) in [6.07, 6.45) is 2.40. The Morgan fingerprint density at radius 3 is 2.94 bits per heavy atom. The molecule has 18 heavy (non-hydrogen) atoms. The Bertz CT molecular complexity index is 568. The number of rotatable bonds is 4. The second kappa shape index (κ2) is 5.98. The van der Waals surface area contributed by atoms with Crippen LogP contribution in [0.1, 0.15) is 5.56 Å². The zero-order valence-corrected chi connectivity index (χ0v) is 10.3. The van der Waals surface area contributed by atoms with Crippen LogP contribution in [-0.4, -0.2) is 32.1 Å². The summed E-state index contributed by atoms with van der Waals surface area (Å²) in [6.45, 7) is 0. The fourth-order valence-corrected chi connectivity index (χ4v) is 1.49. The molecule has 1 aromatic rings. The summed E-state index contributed by atoms with van der Waals surface area (Å²) in [4.78, 5) is 0. The largest absolute Gasteiger partial charge is 0.383 e. The third-order valence-electron chi connectivity index (χ3n) is 1.64. The van der Waals surface area contributed by atoms with Crippen LogP contribution < -0.4 is 20.5 Å². The number of benzene rings is 1. The maximum atomic E-state index is 10.9. The summed E-state index contributed by atoms with van der Waals surface area (Å²) in [5, 5.41) is 14.3. The molecule has 0 heterocycles. The SMILES string of the molecule is CS(=O)(=O)Oc1cccc(C=[NH+]N=C(N)NO)c1. The van der Waals surface area contributed by atoms with E-state index in [2.05, 4.69) is 10.2 Å². The summed E-state index contributed by atoms with van der Waals surface area (Å²) < 4.78 is 26.6. The van der Waals surface area contributed by atoms with Gasteiger partial charge in [-0.1, -0.05) is 6.07 Å². The number of nitrogens with two attached hydrogens (primary N) is 1. The molecule has 0 aliphatic heterocycles. The minimum atomic E-state index is -3.56. The summed E-state index contributed by atoms with van der Waals surface area (Å²) in [7, 11) is -3.56. The highest BCUT2D eigenvalue weighted by Crippen LogP contribution is 2.13. The number of hydroxylamine groups is 1. The Morgan fingerprint density at radius 1 is 1.61 bits per heavy atom. The van der Waals surface area contributed by atoms with Gasteiger partial charge in [0.05, 0.1) is 6.26 Å². The third kappa shape index (κ3) is 5.27. The van der Waals surface area contributed by atoms with Gasteiger partial charge in [0, 0.05) is 10.7 Å². The number of guanidine groups is 1. The van der Waals surface area contributed by atoms with Gasteiger partial charge in [-0.15, -0.1) is 5.10 Å². The fraction of sp³-hybridized carbons (Fsp3) is 0.111. The lowest BCUT2D eigenvalue weighted by Crippen LogP contribution is -2.64. The monoisotopic (exact) mass is 273 g/mol. The molecule has 0 bridgehead atoms. The average Bonchev–Trinajstić information content (AvgIpc) is 2.27. The van der Waals surface area contributed by atoms with Gasteiger partial charge >= 0.3 is 10.1 Å². The third-order valence-corrected chi connectivity index (χ3v) is 2.13. The van der Waals surface area contributed by atoms with Gasteiger partial charge in [0.1, 0.15) is 5.75 Å². The van der Waals surface area contributed by atoms with Crippen molar-refractivity contribution in [2.75, 3.05) is 6.26 Å². The van der Waals surface area contributed by atoms with Gasteiger partial charge in [0.2, 0.25) is 6.21 Å². The molecule has 0 fully saturated rings. The van der Waals surface area contributed by atoms with Crippen LogP contribution in [0.5, 0.6) is 5.75 Å². The van der Waals surface area contributed by atoms with Crippen LogP contribution in [0.15, 0.2) is 29.4 Å². The van der Waals surface area contributed by atoms with Crippen molar-refractivity contribution < 1.29 is 22.9 Å². The van der Waals surface area contributed by atoms with E-state index in [9.17, 15) is 8.42 Å². The van der Waals surface area contributed by atoms with Crippen molar-refractivity contribution in [3.8, 4) is 5.75 Å². The molecule has 0 aromatic heterocycles. The van der Waals surface area contributed by atoms with Gasteiger partial charge in [-0.25, -0.2) is 5.48 Å². The molecule has 98 valence electrons. The van der Waals surface area contributed by atoms with E-state index in [1.165, 1.54) is 18.3 Å². The molecule has 0 atom stereocenters. The second-order valence-corrected chi connectivity index (χ2v) is 4.82. The molecule has 0 radical (unpaired) electrons. The quantitative estimate of drug-likeness (QED) is 0.212. The number of nitrogens with zero attached hydrogens (tertiary/aromatic N) is 1. The van der Waals surface area contributed by atoms with Gasteiger partial charge in [-0.05, 0) is 18.2 Å². The Hall–Kier alpha value is -2.13. The fourth-order valence-electron chi connectivity index (χ4n) is 1.03. The van der Waals surface area contributed by atoms with E-state index in [0.717, 1.165) is 6.26 Å². The lowest BCUT2D eigenvalue weighted by Gasteiger charge is -2.01. The lowest BCUT2D eigenvalue weighted by molar-refractivity contribution is -0.457. The predicted molar refractivity (Wildman–Crippen MR) is 64.6 cm³/mol. The highest BCUT2D eigenvalue weighted by atomic mass is 32.2. The molecule has 1 aromatic carbocycles. The van der Waals surface area contributed by atoms with Crippen LogP contribution in [0.3, 0.4) is 0 Å². The van der Waals surface area contributed by atoms with Crippen molar-refractivity contribution in [1.82, 2.24) is 5.48 Å². The minimum absolute atomic E-state index is 0.185. The normalized spacial score (nSPS) is 12.7. The van der Waals surface area contributed by atoms with Crippen molar-refractivity contribution in [1.29, 1.82) is 0 Å². The van der Waals surface area contributed by atoms with Crippen molar-refractivity contribution in [3.63, 3.8) is 0 Å². The number of hydrogen-bond acceptors (Lipinski definition) is 5. The molecular weight excluding hydrogens is 260 g/mol. The highest BCUT2D eigenvalue weighted by molar-refractivity contribution is 7.86. The van der Waals surface area contributed by atoms with Crippen molar-refractivity contribution in [2.24, 2.45) is 10.8 Å². The molecule has 5 N–H and O–H groups in total. The summed E-state index contributed by atoms with van der Waals surface area (Å²) in [5.74, 6) is -0.0277. The summed E-state index contributed by atoms with van der Waals surface area (Å²) in [6, 6.07) is 6.31. The first-order valence-electron chi connectivity index (χ1n) is 4.72. The van der Waals surface area contributed by atoms with Crippen molar-refractivity contribution >= 4 is 22.3 Å².